The molecule has 130 valence electrons. The molecule has 1 saturated heterocycles. The van der Waals surface area contributed by atoms with Gasteiger partial charge in [0.15, 0.2) is 5.82 Å². The fraction of sp³-hybridized carbons (Fsp3) is 0.562. The molecule has 3 heterocycles. The lowest BCUT2D eigenvalue weighted by atomic mass is 10.1. The molecule has 2 unspecified atom stereocenters. The van der Waals surface area contributed by atoms with Crippen molar-refractivity contribution in [1.82, 2.24) is 19.8 Å². The average Bonchev–Trinajstić information content (AvgIpc) is 3.20. The summed E-state index contributed by atoms with van der Waals surface area (Å²) in [7, 11) is 0. The Hall–Kier alpha value is -2.19. The Bertz CT molecular complexity index is 654. The number of carbonyl (C=O) groups excluding carboxylic acids is 1. The number of nitrogens with zero attached hydrogens (tertiary/aromatic N) is 4. The Morgan fingerprint density at radius 2 is 2.42 bits per heavy atom. The predicted molar refractivity (Wildman–Crippen MR) is 87.5 cm³/mol. The average molecular weight is 333 g/mol. The number of anilines is 1. The molecule has 1 aliphatic rings. The summed E-state index contributed by atoms with van der Waals surface area (Å²) >= 11 is 0. The van der Waals surface area contributed by atoms with Crippen LogP contribution in [0.15, 0.2) is 29.0 Å². The highest BCUT2D eigenvalue weighted by Gasteiger charge is 2.30. The van der Waals surface area contributed by atoms with E-state index in [-0.39, 0.29) is 18.1 Å². The zero-order valence-corrected chi connectivity index (χ0v) is 14.0. The molecule has 2 aromatic rings. The van der Waals surface area contributed by atoms with Crippen molar-refractivity contribution >= 4 is 11.7 Å². The van der Waals surface area contributed by atoms with Crippen molar-refractivity contribution in [3.63, 3.8) is 0 Å². The maximum absolute atomic E-state index is 12.6. The molecule has 2 atom stereocenters. The number of rotatable bonds is 6. The van der Waals surface area contributed by atoms with Crippen molar-refractivity contribution in [2.75, 3.05) is 25.0 Å². The molecule has 24 heavy (non-hydrogen) atoms. The number of nitrogens with one attached hydrogen (secondary N) is 1. The van der Waals surface area contributed by atoms with Gasteiger partial charge in [-0.1, -0.05) is 12.1 Å². The van der Waals surface area contributed by atoms with Gasteiger partial charge in [0.25, 0.3) is 0 Å². The first-order valence-electron chi connectivity index (χ1n) is 8.23. The van der Waals surface area contributed by atoms with Gasteiger partial charge in [0, 0.05) is 31.5 Å². The van der Waals surface area contributed by atoms with Crippen LogP contribution in [0.3, 0.4) is 0 Å². The Morgan fingerprint density at radius 3 is 3.08 bits per heavy atom. The normalized spacial score (nSPS) is 20.0. The van der Waals surface area contributed by atoms with E-state index < -0.39 is 0 Å². The van der Waals surface area contributed by atoms with Crippen molar-refractivity contribution in [3.8, 4) is 0 Å². The van der Waals surface area contributed by atoms with Crippen LogP contribution in [-0.4, -0.2) is 57.6 Å². The van der Waals surface area contributed by atoms with E-state index in [0.29, 0.717) is 31.3 Å². The smallest absolute Gasteiger partial charge is 0.242 e. The maximum atomic E-state index is 12.6. The third-order valence-electron chi connectivity index (χ3n) is 4.13. The quantitative estimate of drug-likeness (QED) is 0.857. The summed E-state index contributed by atoms with van der Waals surface area (Å²) in [5.41, 5.74) is 0. The molecule has 0 spiro atoms. The fourth-order valence-electron chi connectivity index (χ4n) is 3.00. The molecule has 1 amide bonds. The van der Waals surface area contributed by atoms with Gasteiger partial charge in [-0.3, -0.25) is 14.4 Å². The molecule has 0 aromatic carbocycles. The van der Waals surface area contributed by atoms with Crippen LogP contribution in [0.25, 0.3) is 0 Å². The highest BCUT2D eigenvalue weighted by atomic mass is 16.5. The van der Waals surface area contributed by atoms with Crippen molar-refractivity contribution in [2.45, 2.75) is 39.0 Å². The molecule has 8 nitrogen and oxygen atoms in total. The molecule has 8 heteroatoms. The van der Waals surface area contributed by atoms with Crippen LogP contribution < -0.4 is 5.32 Å². The first-order valence-corrected chi connectivity index (χ1v) is 8.23. The summed E-state index contributed by atoms with van der Waals surface area (Å²) < 4.78 is 12.7. The summed E-state index contributed by atoms with van der Waals surface area (Å²) in [6, 6.07) is 3.39. The number of hydrogen-bond donors (Lipinski definition) is 1. The lowest BCUT2D eigenvalue weighted by Gasteiger charge is -2.37. The van der Waals surface area contributed by atoms with E-state index in [1.807, 2.05) is 23.9 Å². The van der Waals surface area contributed by atoms with Gasteiger partial charge >= 0.3 is 0 Å². The van der Waals surface area contributed by atoms with Gasteiger partial charge in [-0.05, 0) is 19.4 Å². The van der Waals surface area contributed by atoms with Crippen LogP contribution in [-0.2, 0) is 16.1 Å². The summed E-state index contributed by atoms with van der Waals surface area (Å²) in [6.45, 7) is 6.53. The third kappa shape index (κ3) is 4.01. The first-order chi connectivity index (χ1) is 11.7. The predicted octanol–water partition coefficient (Wildman–Crippen LogP) is 1.30. The van der Waals surface area contributed by atoms with Gasteiger partial charge in [0.05, 0.1) is 25.3 Å². The minimum atomic E-state index is -0.217. The van der Waals surface area contributed by atoms with Gasteiger partial charge in [0.2, 0.25) is 5.91 Å². The van der Waals surface area contributed by atoms with Crippen molar-refractivity contribution < 1.29 is 14.1 Å². The van der Waals surface area contributed by atoms with Crippen LogP contribution in [0.5, 0.6) is 0 Å². The molecular formula is C16H23N5O3. The Labute approximate surface area is 140 Å². The maximum Gasteiger partial charge on any atom is 0.242 e. The number of morpholine rings is 1. The van der Waals surface area contributed by atoms with Crippen LogP contribution in [0.1, 0.15) is 19.1 Å². The van der Waals surface area contributed by atoms with E-state index in [1.165, 1.54) is 0 Å². The monoisotopic (exact) mass is 333 g/mol. The topological polar surface area (TPSA) is 85.4 Å². The van der Waals surface area contributed by atoms with Gasteiger partial charge < -0.3 is 14.6 Å². The number of aryl methyl sites for hydroxylation is 1. The number of aromatic nitrogens is 3. The second-order valence-electron chi connectivity index (χ2n) is 5.95. The molecule has 2 aromatic heterocycles. The fourth-order valence-corrected chi connectivity index (χ4v) is 3.00. The molecule has 1 aliphatic heterocycles. The van der Waals surface area contributed by atoms with Crippen molar-refractivity contribution in [3.05, 3.63) is 30.3 Å². The molecule has 3 rings (SSSR count). The summed E-state index contributed by atoms with van der Waals surface area (Å²) in [5, 5.41) is 10.9. The van der Waals surface area contributed by atoms with E-state index in [9.17, 15) is 4.79 Å². The number of carbonyl (C=O) groups is 1. The van der Waals surface area contributed by atoms with Crippen molar-refractivity contribution in [1.29, 1.82) is 0 Å². The largest absolute Gasteiger partial charge is 0.374 e. The number of ether oxygens (including phenoxy) is 1. The van der Waals surface area contributed by atoms with Crippen LogP contribution in [0.4, 0.5) is 5.82 Å². The molecule has 0 saturated carbocycles. The van der Waals surface area contributed by atoms with E-state index in [0.717, 1.165) is 13.0 Å². The van der Waals surface area contributed by atoms with Gasteiger partial charge in [-0.15, -0.1) is 0 Å². The zero-order valence-electron chi connectivity index (χ0n) is 14.0. The second-order valence-corrected chi connectivity index (χ2v) is 5.95. The Balaban J connectivity index is 1.60. The standard InChI is InChI=1S/C16H23N5O3/c1-3-14(16(22)18-15-9-12(2)24-19-15)20-7-8-23-13(10-20)11-21-6-4-5-17-21/h4-6,9,13-14H,3,7-8,10-11H2,1-2H3,(H,18,19,22). The highest BCUT2D eigenvalue weighted by molar-refractivity contribution is 5.94. The second kappa shape index (κ2) is 7.59. The summed E-state index contributed by atoms with van der Waals surface area (Å²) in [6.07, 6.45) is 4.41. The third-order valence-corrected chi connectivity index (χ3v) is 4.13. The van der Waals surface area contributed by atoms with Crippen molar-refractivity contribution in [2.24, 2.45) is 0 Å². The lowest BCUT2D eigenvalue weighted by Crippen LogP contribution is -2.52. The summed E-state index contributed by atoms with van der Waals surface area (Å²) in [4.78, 5) is 14.7. The van der Waals surface area contributed by atoms with E-state index in [1.54, 1.807) is 19.2 Å². The van der Waals surface area contributed by atoms with Crippen LogP contribution >= 0.6 is 0 Å². The van der Waals surface area contributed by atoms with Gasteiger partial charge in [0.1, 0.15) is 5.76 Å². The lowest BCUT2D eigenvalue weighted by molar-refractivity contribution is -0.125. The minimum absolute atomic E-state index is 0.0230. The van der Waals surface area contributed by atoms with E-state index in [2.05, 4.69) is 20.5 Å². The molecule has 0 aliphatic carbocycles. The van der Waals surface area contributed by atoms with Crippen LogP contribution in [0, 0.1) is 6.92 Å². The molecular weight excluding hydrogens is 310 g/mol. The molecule has 1 N–H and O–H groups in total. The zero-order chi connectivity index (χ0) is 16.9. The van der Waals surface area contributed by atoms with Gasteiger partial charge in [-0.25, -0.2) is 0 Å². The Morgan fingerprint density at radius 1 is 1.54 bits per heavy atom. The number of amides is 1. The highest BCUT2D eigenvalue weighted by Crippen LogP contribution is 2.15. The number of hydrogen-bond acceptors (Lipinski definition) is 6. The minimum Gasteiger partial charge on any atom is -0.374 e. The molecule has 1 fully saturated rings. The van der Waals surface area contributed by atoms with E-state index in [4.69, 9.17) is 9.26 Å². The summed E-state index contributed by atoms with van der Waals surface area (Å²) in [5.74, 6) is 1.06. The van der Waals surface area contributed by atoms with Crippen LogP contribution in [0.2, 0.25) is 0 Å². The SMILES string of the molecule is CCC(C(=O)Nc1cc(C)on1)N1CCOC(Cn2cccn2)C1. The Kier molecular flexibility index (Phi) is 5.27. The molecule has 0 radical (unpaired) electrons. The first kappa shape index (κ1) is 16.7. The van der Waals surface area contributed by atoms with Gasteiger partial charge in [-0.2, -0.15) is 5.10 Å². The molecule has 0 bridgehead atoms. The van der Waals surface area contributed by atoms with E-state index >= 15 is 0 Å².